The van der Waals surface area contributed by atoms with Crippen molar-refractivity contribution in [3.63, 3.8) is 0 Å². The Balaban J connectivity index is 1.93. The predicted octanol–water partition coefficient (Wildman–Crippen LogP) is 3.16. The van der Waals surface area contributed by atoms with Crippen LogP contribution >= 0.6 is 23.4 Å². The summed E-state index contributed by atoms with van der Waals surface area (Å²) in [6.45, 7) is 4.00. The van der Waals surface area contributed by atoms with Crippen molar-refractivity contribution in [2.45, 2.75) is 31.6 Å². The van der Waals surface area contributed by atoms with E-state index < -0.39 is 0 Å². The first-order valence-electron chi connectivity index (χ1n) is 5.14. The highest BCUT2D eigenvalue weighted by Gasteiger charge is 2.25. The second-order valence-corrected chi connectivity index (χ2v) is 5.20. The molecule has 3 heteroatoms. The van der Waals surface area contributed by atoms with E-state index in [1.165, 1.54) is 18.6 Å². The minimum atomic E-state index is 0.389. The minimum absolute atomic E-state index is 0.389. The summed E-state index contributed by atoms with van der Waals surface area (Å²) in [6.07, 6.45) is 3.55. The maximum absolute atomic E-state index is 6.14. The Morgan fingerprint density at radius 3 is 2.85 bits per heavy atom. The van der Waals surface area contributed by atoms with Crippen molar-refractivity contribution in [2.24, 2.45) is 5.92 Å². The van der Waals surface area contributed by atoms with Gasteiger partial charge in [0.2, 0.25) is 0 Å². The lowest BCUT2D eigenvalue weighted by Gasteiger charge is -2.12. The van der Waals surface area contributed by atoms with Crippen molar-refractivity contribution in [1.29, 1.82) is 0 Å². The van der Waals surface area contributed by atoms with Gasteiger partial charge in [0.1, 0.15) is 0 Å². The Hall–Kier alpha value is 0.600. The van der Waals surface area contributed by atoms with E-state index in [9.17, 15) is 0 Å². The predicted molar refractivity (Wildman–Crippen MR) is 60.8 cm³/mol. The second kappa shape index (κ2) is 6.97. The Labute approximate surface area is 90.6 Å². The van der Waals surface area contributed by atoms with Gasteiger partial charge in [-0.2, -0.15) is 11.8 Å². The molecule has 1 aliphatic heterocycles. The van der Waals surface area contributed by atoms with Crippen molar-refractivity contribution in [2.75, 3.05) is 24.7 Å². The smallest absolute Gasteiger partial charge is 0.0469 e. The van der Waals surface area contributed by atoms with Crippen LogP contribution in [0.1, 0.15) is 26.2 Å². The fraction of sp³-hybridized carbons (Fsp3) is 1.00. The van der Waals surface area contributed by atoms with Crippen LogP contribution in [0.2, 0.25) is 0 Å². The van der Waals surface area contributed by atoms with Crippen LogP contribution in [0.15, 0.2) is 0 Å². The number of rotatable bonds is 6. The van der Waals surface area contributed by atoms with Crippen molar-refractivity contribution in [3.05, 3.63) is 0 Å². The molecule has 13 heavy (non-hydrogen) atoms. The Kier molecular flexibility index (Phi) is 6.26. The molecule has 78 valence electrons. The molecule has 0 radical (unpaired) electrons. The summed E-state index contributed by atoms with van der Waals surface area (Å²) >= 11 is 8.11. The van der Waals surface area contributed by atoms with E-state index in [1.54, 1.807) is 0 Å². The van der Waals surface area contributed by atoms with Gasteiger partial charge in [0.15, 0.2) is 0 Å². The first-order chi connectivity index (χ1) is 6.34. The molecule has 1 aliphatic rings. The van der Waals surface area contributed by atoms with Crippen molar-refractivity contribution < 1.29 is 4.74 Å². The number of hydrogen-bond acceptors (Lipinski definition) is 2. The van der Waals surface area contributed by atoms with E-state index in [-0.39, 0.29) is 0 Å². The molecule has 0 aromatic carbocycles. The number of hydrogen-bond donors (Lipinski definition) is 0. The van der Waals surface area contributed by atoms with E-state index in [4.69, 9.17) is 16.3 Å². The molecule has 2 atom stereocenters. The zero-order valence-electron chi connectivity index (χ0n) is 8.30. The standard InChI is InChI=1S/C10H19ClOS/c1-2-3-5-12-6-4-9-7-13-8-10(9)11/h9-10H,2-8H2,1H3. The van der Waals surface area contributed by atoms with E-state index in [1.807, 2.05) is 11.8 Å². The first-order valence-corrected chi connectivity index (χ1v) is 6.73. The summed E-state index contributed by atoms with van der Waals surface area (Å²) in [5.41, 5.74) is 0. The zero-order valence-corrected chi connectivity index (χ0v) is 9.87. The third-order valence-electron chi connectivity index (χ3n) is 2.40. The summed E-state index contributed by atoms with van der Waals surface area (Å²) < 4.78 is 5.52. The lowest BCUT2D eigenvalue weighted by Crippen LogP contribution is -2.14. The molecule has 1 heterocycles. The molecule has 0 aromatic heterocycles. The first kappa shape index (κ1) is 11.7. The monoisotopic (exact) mass is 222 g/mol. The molecule has 0 spiro atoms. The second-order valence-electron chi connectivity index (χ2n) is 3.57. The Morgan fingerprint density at radius 1 is 1.38 bits per heavy atom. The highest BCUT2D eigenvalue weighted by atomic mass is 35.5. The molecule has 1 nitrogen and oxygen atoms in total. The van der Waals surface area contributed by atoms with Crippen LogP contribution in [-0.2, 0) is 4.74 Å². The van der Waals surface area contributed by atoms with Gasteiger partial charge < -0.3 is 4.74 Å². The fourth-order valence-electron chi connectivity index (χ4n) is 1.42. The molecule has 0 saturated carbocycles. The lowest BCUT2D eigenvalue weighted by molar-refractivity contribution is 0.120. The maximum Gasteiger partial charge on any atom is 0.0469 e. The molecule has 1 saturated heterocycles. The zero-order chi connectivity index (χ0) is 9.52. The topological polar surface area (TPSA) is 9.23 Å². The highest BCUT2D eigenvalue weighted by Crippen LogP contribution is 2.30. The average molecular weight is 223 g/mol. The van der Waals surface area contributed by atoms with Crippen molar-refractivity contribution >= 4 is 23.4 Å². The van der Waals surface area contributed by atoms with Gasteiger partial charge in [-0.3, -0.25) is 0 Å². The molecule has 0 aromatic rings. The van der Waals surface area contributed by atoms with Gasteiger partial charge in [0, 0.05) is 24.3 Å². The van der Waals surface area contributed by atoms with Crippen molar-refractivity contribution in [1.82, 2.24) is 0 Å². The molecule has 1 fully saturated rings. The fourth-order valence-corrected chi connectivity index (χ4v) is 3.34. The summed E-state index contributed by atoms with van der Waals surface area (Å²) in [5.74, 6) is 3.04. The molecule has 0 N–H and O–H groups in total. The summed E-state index contributed by atoms with van der Waals surface area (Å²) in [4.78, 5) is 0. The Morgan fingerprint density at radius 2 is 2.23 bits per heavy atom. The molecule has 0 amide bonds. The van der Waals surface area contributed by atoms with Crippen LogP contribution in [0, 0.1) is 5.92 Å². The van der Waals surface area contributed by atoms with Gasteiger partial charge in [-0.15, -0.1) is 11.6 Å². The van der Waals surface area contributed by atoms with Crippen molar-refractivity contribution in [3.8, 4) is 0 Å². The summed E-state index contributed by atoms with van der Waals surface area (Å²) in [5, 5.41) is 0.389. The van der Waals surface area contributed by atoms with E-state index >= 15 is 0 Å². The van der Waals surface area contributed by atoms with Gasteiger partial charge in [0.05, 0.1) is 0 Å². The summed E-state index contributed by atoms with van der Waals surface area (Å²) in [6, 6.07) is 0. The SMILES string of the molecule is CCCCOCCC1CSCC1Cl. The lowest BCUT2D eigenvalue weighted by atomic mass is 10.1. The van der Waals surface area contributed by atoms with E-state index in [0.29, 0.717) is 11.3 Å². The molecular weight excluding hydrogens is 204 g/mol. The molecular formula is C10H19ClOS. The number of halogens is 1. The normalized spacial score (nSPS) is 28.2. The number of unbranched alkanes of at least 4 members (excludes halogenated alkanes) is 1. The molecule has 2 unspecified atom stereocenters. The van der Waals surface area contributed by atoms with Gasteiger partial charge in [0.25, 0.3) is 0 Å². The van der Waals surface area contributed by atoms with Crippen LogP contribution in [0.3, 0.4) is 0 Å². The highest BCUT2D eigenvalue weighted by molar-refractivity contribution is 7.99. The van der Waals surface area contributed by atoms with Crippen LogP contribution in [0.4, 0.5) is 0 Å². The number of alkyl halides is 1. The van der Waals surface area contributed by atoms with Gasteiger partial charge >= 0.3 is 0 Å². The van der Waals surface area contributed by atoms with Gasteiger partial charge in [-0.1, -0.05) is 13.3 Å². The number of thioether (sulfide) groups is 1. The van der Waals surface area contributed by atoms with Crippen LogP contribution in [0.5, 0.6) is 0 Å². The number of ether oxygens (including phenoxy) is 1. The molecule has 0 bridgehead atoms. The van der Waals surface area contributed by atoms with Crippen LogP contribution in [-0.4, -0.2) is 30.1 Å². The maximum atomic E-state index is 6.14. The largest absolute Gasteiger partial charge is 0.381 e. The quantitative estimate of drug-likeness (QED) is 0.505. The molecule has 1 rings (SSSR count). The summed E-state index contributed by atoms with van der Waals surface area (Å²) in [7, 11) is 0. The Bertz CT molecular complexity index is 132. The van der Waals surface area contributed by atoms with Gasteiger partial charge in [-0.25, -0.2) is 0 Å². The third kappa shape index (κ3) is 4.57. The average Bonchev–Trinajstić information content (AvgIpc) is 2.52. The van der Waals surface area contributed by atoms with E-state index in [0.717, 1.165) is 25.4 Å². The van der Waals surface area contributed by atoms with Crippen LogP contribution in [0.25, 0.3) is 0 Å². The third-order valence-corrected chi connectivity index (χ3v) is 4.35. The van der Waals surface area contributed by atoms with Crippen LogP contribution < -0.4 is 0 Å². The van der Waals surface area contributed by atoms with Gasteiger partial charge in [-0.05, 0) is 24.5 Å². The minimum Gasteiger partial charge on any atom is -0.381 e. The van der Waals surface area contributed by atoms with E-state index in [2.05, 4.69) is 6.92 Å². The molecule has 0 aliphatic carbocycles.